The van der Waals surface area contributed by atoms with Crippen LogP contribution in [-0.4, -0.2) is 11.6 Å². The summed E-state index contributed by atoms with van der Waals surface area (Å²) in [5, 5.41) is 2.76. The Bertz CT molecular complexity index is 679. The molecule has 2 aromatic rings. The number of rotatable bonds is 6. The minimum absolute atomic E-state index is 0.144. The van der Waals surface area contributed by atoms with Crippen LogP contribution in [0.5, 0.6) is 0 Å². The van der Waals surface area contributed by atoms with Crippen molar-refractivity contribution < 1.29 is 13.6 Å². The van der Waals surface area contributed by atoms with Crippen LogP contribution < -0.4 is 5.32 Å². The van der Waals surface area contributed by atoms with Crippen LogP contribution in [0.2, 0.25) is 0 Å². The van der Waals surface area contributed by atoms with Gasteiger partial charge >= 0.3 is 0 Å². The summed E-state index contributed by atoms with van der Waals surface area (Å²) in [6, 6.07) is 12.1. The first kappa shape index (κ1) is 16.8. The van der Waals surface area contributed by atoms with Gasteiger partial charge in [0.25, 0.3) is 0 Å². The second-order valence-corrected chi connectivity index (χ2v) is 5.26. The van der Waals surface area contributed by atoms with Gasteiger partial charge in [-0.1, -0.05) is 24.3 Å². The maximum Gasteiger partial charge on any atom is 0.225 e. The monoisotopic (exact) mass is 316 g/mol. The highest BCUT2D eigenvalue weighted by Gasteiger charge is 2.04. The molecule has 2 rings (SSSR count). The summed E-state index contributed by atoms with van der Waals surface area (Å²) in [6.07, 6.45) is 0.197. The van der Waals surface area contributed by atoms with E-state index in [1.165, 1.54) is 24.3 Å². The second kappa shape index (κ2) is 8.17. The van der Waals surface area contributed by atoms with Crippen molar-refractivity contribution >= 4 is 11.6 Å². The van der Waals surface area contributed by atoms with Gasteiger partial charge in [-0.25, -0.2) is 8.78 Å². The summed E-state index contributed by atoms with van der Waals surface area (Å²) < 4.78 is 25.6. The average Bonchev–Trinajstić information content (AvgIpc) is 2.54. The summed E-state index contributed by atoms with van der Waals surface area (Å²) >= 11 is 0. The van der Waals surface area contributed by atoms with Gasteiger partial charge in [-0.3, -0.25) is 9.79 Å². The number of carbonyl (C=O) groups excluding carboxylic acids is 1. The Morgan fingerprint density at radius 1 is 0.957 bits per heavy atom. The highest BCUT2D eigenvalue weighted by molar-refractivity contribution is 5.99. The summed E-state index contributed by atoms with van der Waals surface area (Å²) in [7, 11) is 0. The molecule has 0 bridgehead atoms. The molecule has 0 radical (unpaired) electrons. The fraction of sp³-hybridized carbons (Fsp3) is 0.222. The third-order valence-electron chi connectivity index (χ3n) is 3.26. The van der Waals surface area contributed by atoms with Crippen molar-refractivity contribution in [3.63, 3.8) is 0 Å². The van der Waals surface area contributed by atoms with Gasteiger partial charge < -0.3 is 5.32 Å². The molecular formula is C18H18F2N2O. The van der Waals surface area contributed by atoms with Crippen LogP contribution in [-0.2, 0) is 17.9 Å². The molecule has 0 unspecified atom stereocenters. The Morgan fingerprint density at radius 3 is 2.04 bits per heavy atom. The lowest BCUT2D eigenvalue weighted by Gasteiger charge is -2.06. The minimum atomic E-state index is -0.302. The van der Waals surface area contributed by atoms with Crippen molar-refractivity contribution in [3.05, 3.63) is 71.3 Å². The van der Waals surface area contributed by atoms with E-state index >= 15 is 0 Å². The fourth-order valence-electron chi connectivity index (χ4n) is 1.97. The molecule has 0 aliphatic rings. The third kappa shape index (κ3) is 5.98. The van der Waals surface area contributed by atoms with Crippen molar-refractivity contribution in [1.29, 1.82) is 0 Å². The number of hydrogen-bond donors (Lipinski definition) is 1. The quantitative estimate of drug-likeness (QED) is 0.812. The molecule has 0 atom stereocenters. The first-order valence-electron chi connectivity index (χ1n) is 7.28. The zero-order chi connectivity index (χ0) is 16.7. The van der Waals surface area contributed by atoms with Crippen LogP contribution in [0.4, 0.5) is 8.78 Å². The zero-order valence-electron chi connectivity index (χ0n) is 12.9. The van der Waals surface area contributed by atoms with Gasteiger partial charge in [0.1, 0.15) is 11.6 Å². The van der Waals surface area contributed by atoms with E-state index in [9.17, 15) is 13.6 Å². The van der Waals surface area contributed by atoms with Crippen LogP contribution in [0.3, 0.4) is 0 Å². The zero-order valence-corrected chi connectivity index (χ0v) is 12.9. The van der Waals surface area contributed by atoms with Gasteiger partial charge in [0.05, 0.1) is 13.0 Å². The molecule has 23 heavy (non-hydrogen) atoms. The van der Waals surface area contributed by atoms with Crippen molar-refractivity contribution in [3.8, 4) is 0 Å². The van der Waals surface area contributed by atoms with Gasteiger partial charge in [-0.2, -0.15) is 0 Å². The number of nitrogens with one attached hydrogen (secondary N) is 1. The number of carbonyl (C=O) groups is 1. The topological polar surface area (TPSA) is 41.5 Å². The number of benzene rings is 2. The molecule has 0 spiro atoms. The number of halogens is 2. The number of aliphatic imine (C=N–C) groups is 1. The Balaban J connectivity index is 1.78. The Hall–Kier alpha value is -2.56. The van der Waals surface area contributed by atoms with E-state index in [0.29, 0.717) is 18.8 Å². The molecule has 1 amide bonds. The predicted octanol–water partition coefficient (Wildman–Crippen LogP) is 3.63. The average molecular weight is 316 g/mol. The number of hydrogen-bond acceptors (Lipinski definition) is 2. The summed E-state index contributed by atoms with van der Waals surface area (Å²) in [5.41, 5.74) is 2.42. The lowest BCUT2D eigenvalue weighted by atomic mass is 10.2. The van der Waals surface area contributed by atoms with E-state index in [1.807, 2.05) is 0 Å². The lowest BCUT2D eigenvalue weighted by molar-refractivity contribution is -0.120. The van der Waals surface area contributed by atoms with Crippen LogP contribution in [0.1, 0.15) is 24.5 Å². The maximum absolute atomic E-state index is 12.8. The molecule has 0 saturated carbocycles. The van der Waals surface area contributed by atoms with E-state index in [1.54, 1.807) is 31.2 Å². The summed E-state index contributed by atoms with van der Waals surface area (Å²) in [5.74, 6) is -0.729. The van der Waals surface area contributed by atoms with E-state index < -0.39 is 0 Å². The largest absolute Gasteiger partial charge is 0.352 e. The van der Waals surface area contributed by atoms with Crippen molar-refractivity contribution in [2.75, 3.05) is 0 Å². The standard InChI is InChI=1S/C18H18F2N2O/c1-13(21-11-14-2-6-16(19)7-3-14)10-18(23)22-12-15-4-8-17(20)9-5-15/h2-9H,10-12H2,1H3,(H,22,23). The van der Waals surface area contributed by atoms with Crippen LogP contribution >= 0.6 is 0 Å². The van der Waals surface area contributed by atoms with Crippen LogP contribution in [0.15, 0.2) is 53.5 Å². The molecule has 1 N–H and O–H groups in total. The van der Waals surface area contributed by atoms with E-state index in [0.717, 1.165) is 11.1 Å². The maximum atomic E-state index is 12.8. The number of amides is 1. The first-order valence-corrected chi connectivity index (χ1v) is 7.28. The summed E-state index contributed by atoms with van der Waals surface area (Å²) in [6.45, 7) is 2.54. The van der Waals surface area contributed by atoms with Gasteiger partial charge in [0, 0.05) is 12.3 Å². The molecule has 0 aliphatic carbocycles. The highest BCUT2D eigenvalue weighted by atomic mass is 19.1. The fourth-order valence-corrected chi connectivity index (χ4v) is 1.97. The predicted molar refractivity (Wildman–Crippen MR) is 86.1 cm³/mol. The van der Waals surface area contributed by atoms with Crippen molar-refractivity contribution in [2.45, 2.75) is 26.4 Å². The third-order valence-corrected chi connectivity index (χ3v) is 3.26. The van der Waals surface area contributed by atoms with Crippen LogP contribution in [0.25, 0.3) is 0 Å². The highest BCUT2D eigenvalue weighted by Crippen LogP contribution is 2.05. The minimum Gasteiger partial charge on any atom is -0.352 e. The van der Waals surface area contributed by atoms with E-state index in [2.05, 4.69) is 10.3 Å². The van der Waals surface area contributed by atoms with Gasteiger partial charge in [0.15, 0.2) is 0 Å². The van der Waals surface area contributed by atoms with E-state index in [4.69, 9.17) is 0 Å². The molecule has 2 aromatic carbocycles. The van der Waals surface area contributed by atoms with Gasteiger partial charge in [-0.05, 0) is 42.3 Å². The first-order chi connectivity index (χ1) is 11.0. The summed E-state index contributed by atoms with van der Waals surface area (Å²) in [4.78, 5) is 16.1. The Morgan fingerprint density at radius 2 is 1.48 bits per heavy atom. The molecule has 3 nitrogen and oxygen atoms in total. The molecule has 0 heterocycles. The smallest absolute Gasteiger partial charge is 0.225 e. The number of nitrogens with zero attached hydrogens (tertiary/aromatic N) is 1. The Labute approximate surface area is 134 Å². The molecule has 120 valence electrons. The van der Waals surface area contributed by atoms with Crippen molar-refractivity contribution in [1.82, 2.24) is 5.32 Å². The molecule has 5 heteroatoms. The van der Waals surface area contributed by atoms with Gasteiger partial charge in [0.2, 0.25) is 5.91 Å². The molecule has 0 aromatic heterocycles. The molecule has 0 saturated heterocycles. The van der Waals surface area contributed by atoms with Crippen molar-refractivity contribution in [2.24, 2.45) is 4.99 Å². The second-order valence-electron chi connectivity index (χ2n) is 5.26. The normalized spacial score (nSPS) is 11.3. The Kier molecular flexibility index (Phi) is 5.97. The molecule has 0 fully saturated rings. The SMILES string of the molecule is CC(CC(=O)NCc1ccc(F)cc1)=NCc1ccc(F)cc1. The van der Waals surface area contributed by atoms with Gasteiger partial charge in [-0.15, -0.1) is 0 Å². The van der Waals surface area contributed by atoms with Crippen LogP contribution in [0, 0.1) is 11.6 Å². The molecule has 0 aliphatic heterocycles. The van der Waals surface area contributed by atoms with E-state index in [-0.39, 0.29) is 24.0 Å². The lowest BCUT2D eigenvalue weighted by Crippen LogP contribution is -2.24. The molecular weight excluding hydrogens is 298 g/mol.